The Labute approximate surface area is 243 Å². The van der Waals surface area contributed by atoms with Gasteiger partial charge in [-0.05, 0) is 93.4 Å². The van der Waals surface area contributed by atoms with Crippen LogP contribution in [0.15, 0.2) is 50.0 Å². The summed E-state index contributed by atoms with van der Waals surface area (Å²) in [5.41, 5.74) is 1.13. The van der Waals surface area contributed by atoms with Gasteiger partial charge in [-0.25, -0.2) is 0 Å². The zero-order valence-corrected chi connectivity index (χ0v) is 26.5. The Morgan fingerprint density at radius 3 is 2.08 bits per heavy atom. The van der Waals surface area contributed by atoms with Crippen molar-refractivity contribution < 1.29 is 9.47 Å². The lowest BCUT2D eigenvalue weighted by Gasteiger charge is -2.16. The minimum absolute atomic E-state index is 0.640. The third-order valence-electron chi connectivity index (χ3n) is 6.43. The minimum atomic E-state index is 0.640. The van der Waals surface area contributed by atoms with E-state index in [0.29, 0.717) is 5.92 Å². The van der Waals surface area contributed by atoms with E-state index in [1.807, 2.05) is 11.3 Å². The highest BCUT2D eigenvalue weighted by Crippen LogP contribution is 2.42. The summed E-state index contributed by atoms with van der Waals surface area (Å²) in [4.78, 5) is 2.69. The molecule has 0 N–H and O–H groups in total. The van der Waals surface area contributed by atoms with Crippen LogP contribution in [0, 0.1) is 0 Å². The van der Waals surface area contributed by atoms with Gasteiger partial charge in [-0.2, -0.15) is 0 Å². The molecule has 0 aliphatic rings. The van der Waals surface area contributed by atoms with Crippen LogP contribution in [0.2, 0.25) is 0 Å². The maximum Gasteiger partial charge on any atom is 0.169 e. The fraction of sp³-hybridized carbons (Fsp3) is 0.533. The van der Waals surface area contributed by atoms with Gasteiger partial charge in [-0.15, -0.1) is 22.7 Å². The molecule has 0 fully saturated rings. The van der Waals surface area contributed by atoms with E-state index in [-0.39, 0.29) is 0 Å². The molecule has 6 heteroatoms. The Morgan fingerprint density at radius 1 is 0.722 bits per heavy atom. The third kappa shape index (κ3) is 10.2. The molecule has 3 aromatic rings. The highest BCUT2D eigenvalue weighted by atomic mass is 79.9. The first-order chi connectivity index (χ1) is 17.6. The number of unbranched alkanes of at least 4 members (excludes halogenated alkanes) is 8. The lowest BCUT2D eigenvalue weighted by molar-refractivity contribution is 0.259. The molecule has 1 aromatic carbocycles. The van der Waals surface area contributed by atoms with Gasteiger partial charge in [-0.3, -0.25) is 0 Å². The molecule has 0 amide bonds. The topological polar surface area (TPSA) is 18.5 Å². The summed E-state index contributed by atoms with van der Waals surface area (Å²) in [6, 6.07) is 15.0. The molecular formula is C30H40Br2O2S2. The van der Waals surface area contributed by atoms with Crippen molar-refractivity contribution in [3.8, 4) is 21.9 Å². The number of halogens is 2. The Hall–Kier alpha value is -0.820. The van der Waals surface area contributed by atoms with Gasteiger partial charge in [0.1, 0.15) is 0 Å². The third-order valence-corrected chi connectivity index (χ3v) is 9.94. The molecule has 1 atom stereocenters. The smallest absolute Gasteiger partial charge is 0.169 e. The molecule has 36 heavy (non-hydrogen) atoms. The molecule has 0 spiro atoms. The lowest BCUT2D eigenvalue weighted by Crippen LogP contribution is -2.04. The van der Waals surface area contributed by atoms with Crippen LogP contribution < -0.4 is 9.47 Å². The van der Waals surface area contributed by atoms with Gasteiger partial charge in [0.2, 0.25) is 0 Å². The predicted octanol–water partition coefficient (Wildman–Crippen LogP) is 11.9. The van der Waals surface area contributed by atoms with E-state index in [4.69, 9.17) is 9.47 Å². The molecule has 198 valence electrons. The fourth-order valence-electron chi connectivity index (χ4n) is 4.31. The van der Waals surface area contributed by atoms with Crippen molar-refractivity contribution in [1.29, 1.82) is 0 Å². The quantitative estimate of drug-likeness (QED) is 0.127. The first kappa shape index (κ1) is 29.7. The van der Waals surface area contributed by atoms with Gasteiger partial charge in [-0.1, -0.05) is 71.3 Å². The molecule has 0 saturated heterocycles. The van der Waals surface area contributed by atoms with Crippen molar-refractivity contribution in [2.24, 2.45) is 0 Å². The molecule has 0 aliphatic carbocycles. The second kappa shape index (κ2) is 16.9. The maximum absolute atomic E-state index is 6.40. The summed E-state index contributed by atoms with van der Waals surface area (Å²) >= 11 is 10.8. The summed E-state index contributed by atoms with van der Waals surface area (Å²) in [7, 11) is 0. The Bertz CT molecular complexity index is 1010. The van der Waals surface area contributed by atoms with E-state index in [1.54, 1.807) is 11.3 Å². The highest BCUT2D eigenvalue weighted by Gasteiger charge is 2.15. The Kier molecular flexibility index (Phi) is 14.0. The molecule has 2 heterocycles. The van der Waals surface area contributed by atoms with Gasteiger partial charge in [0.15, 0.2) is 11.5 Å². The largest absolute Gasteiger partial charge is 0.490 e. The zero-order chi connectivity index (χ0) is 25.6. The van der Waals surface area contributed by atoms with E-state index in [9.17, 15) is 0 Å². The number of thiophene rings is 2. The highest BCUT2D eigenvalue weighted by molar-refractivity contribution is 9.11. The molecule has 2 aromatic heterocycles. The summed E-state index contributed by atoms with van der Waals surface area (Å²) < 4.78 is 15.0. The van der Waals surface area contributed by atoms with Crippen molar-refractivity contribution in [2.45, 2.75) is 90.4 Å². The molecule has 0 bridgehead atoms. The molecule has 2 nitrogen and oxygen atoms in total. The van der Waals surface area contributed by atoms with Crippen molar-refractivity contribution in [3.63, 3.8) is 0 Å². The maximum atomic E-state index is 6.40. The molecule has 0 aliphatic heterocycles. The van der Waals surface area contributed by atoms with Crippen LogP contribution in [-0.4, -0.2) is 13.2 Å². The normalized spacial score (nSPS) is 12.1. The Morgan fingerprint density at radius 2 is 1.39 bits per heavy atom. The van der Waals surface area contributed by atoms with E-state index >= 15 is 0 Å². The fourth-order valence-corrected chi connectivity index (χ4v) is 7.23. The average Bonchev–Trinajstić information content (AvgIpc) is 3.51. The minimum Gasteiger partial charge on any atom is -0.490 e. The zero-order valence-electron chi connectivity index (χ0n) is 21.7. The van der Waals surface area contributed by atoms with Gasteiger partial charge in [0.25, 0.3) is 0 Å². The van der Waals surface area contributed by atoms with Gasteiger partial charge in [0.05, 0.1) is 20.8 Å². The summed E-state index contributed by atoms with van der Waals surface area (Å²) in [6.45, 7) is 6.08. The number of benzene rings is 1. The van der Waals surface area contributed by atoms with E-state index in [1.165, 1.54) is 71.3 Å². The van der Waals surface area contributed by atoms with Crippen LogP contribution in [0.1, 0.15) is 95.3 Å². The number of para-hydroxylation sites is 1. The molecule has 3 rings (SSSR count). The van der Waals surface area contributed by atoms with Gasteiger partial charge >= 0.3 is 0 Å². The van der Waals surface area contributed by atoms with E-state index in [0.717, 1.165) is 46.9 Å². The standard InChI is InChI=1S/C30H40Br2O2S2/c1-3-4-5-6-8-11-21-33-25-16-13-15-24(27-18-20-29(32)36-27)30(25)34-22-12-9-7-10-14-23(2)26-17-19-28(31)35-26/h13,15-20,23H,3-12,14,21-22H2,1-2H3. The molecule has 0 saturated carbocycles. The van der Waals surface area contributed by atoms with Crippen molar-refractivity contribution in [2.75, 3.05) is 13.2 Å². The average molecular weight is 657 g/mol. The second-order valence-corrected chi connectivity index (χ2v) is 14.4. The van der Waals surface area contributed by atoms with E-state index < -0.39 is 0 Å². The Balaban J connectivity index is 1.47. The number of rotatable bonds is 18. The number of hydrogen-bond donors (Lipinski definition) is 0. The molecule has 1 unspecified atom stereocenters. The summed E-state index contributed by atoms with van der Waals surface area (Å²) in [5, 5.41) is 0. The molecular weight excluding hydrogens is 616 g/mol. The van der Waals surface area contributed by atoms with Crippen LogP contribution in [0.5, 0.6) is 11.5 Å². The SMILES string of the molecule is CCCCCCCCOc1cccc(-c2ccc(Br)s2)c1OCCCCCCC(C)c1ccc(Br)s1. The number of hydrogen-bond acceptors (Lipinski definition) is 4. The van der Waals surface area contributed by atoms with Gasteiger partial charge in [0, 0.05) is 15.3 Å². The van der Waals surface area contributed by atoms with Crippen molar-refractivity contribution >= 4 is 54.5 Å². The monoisotopic (exact) mass is 654 g/mol. The van der Waals surface area contributed by atoms with E-state index in [2.05, 4.69) is 88.2 Å². The van der Waals surface area contributed by atoms with Crippen LogP contribution in [-0.2, 0) is 0 Å². The molecule has 0 radical (unpaired) electrons. The van der Waals surface area contributed by atoms with Crippen LogP contribution in [0.25, 0.3) is 10.4 Å². The predicted molar refractivity (Wildman–Crippen MR) is 165 cm³/mol. The van der Waals surface area contributed by atoms with Crippen LogP contribution >= 0.6 is 54.5 Å². The number of ether oxygens (including phenoxy) is 2. The second-order valence-electron chi connectivity index (χ2n) is 9.45. The van der Waals surface area contributed by atoms with Crippen molar-refractivity contribution in [1.82, 2.24) is 0 Å². The summed E-state index contributed by atoms with van der Waals surface area (Å²) in [5.74, 6) is 2.41. The van der Waals surface area contributed by atoms with Crippen LogP contribution in [0.3, 0.4) is 0 Å². The first-order valence-corrected chi connectivity index (χ1v) is 16.7. The van der Waals surface area contributed by atoms with Gasteiger partial charge < -0.3 is 9.47 Å². The first-order valence-electron chi connectivity index (χ1n) is 13.5. The summed E-state index contributed by atoms with van der Waals surface area (Å²) in [6.07, 6.45) is 13.6. The lowest BCUT2D eigenvalue weighted by atomic mass is 10.0. The van der Waals surface area contributed by atoms with Crippen LogP contribution in [0.4, 0.5) is 0 Å². The van der Waals surface area contributed by atoms with Crippen molar-refractivity contribution in [3.05, 3.63) is 54.9 Å².